The predicted molar refractivity (Wildman–Crippen MR) is 55.2 cm³/mol. The molecule has 0 fully saturated rings. The Morgan fingerprint density at radius 1 is 1.25 bits per heavy atom. The Hall–Kier alpha value is -2.05. The predicted octanol–water partition coefficient (Wildman–Crippen LogP) is 0.778. The van der Waals surface area contributed by atoms with Crippen LogP contribution in [0.4, 0.5) is 10.3 Å². The number of aromatic nitrogens is 5. The number of aromatic amines is 1. The van der Waals surface area contributed by atoms with Gasteiger partial charge in [0.05, 0.1) is 12.4 Å². The Kier molecular flexibility index (Phi) is 3.37. The molecular formula is C9H11FN6. The molecule has 0 unspecified atom stereocenters. The van der Waals surface area contributed by atoms with Crippen molar-refractivity contribution in [3.8, 4) is 0 Å². The number of aryl methyl sites for hydroxylation is 1. The van der Waals surface area contributed by atoms with Gasteiger partial charge in [-0.2, -0.15) is 5.10 Å². The Bertz CT molecular complexity index is 412. The summed E-state index contributed by atoms with van der Waals surface area (Å²) in [5.41, 5.74) is 0. The van der Waals surface area contributed by atoms with Crippen LogP contribution in [0.5, 0.6) is 0 Å². The molecule has 2 N–H and O–H groups in total. The van der Waals surface area contributed by atoms with Crippen molar-refractivity contribution in [3.63, 3.8) is 0 Å². The highest BCUT2D eigenvalue weighted by Crippen LogP contribution is 1.99. The van der Waals surface area contributed by atoms with Crippen LogP contribution >= 0.6 is 0 Å². The fourth-order valence-electron chi connectivity index (χ4n) is 1.21. The van der Waals surface area contributed by atoms with Gasteiger partial charge in [-0.15, -0.1) is 0 Å². The van der Waals surface area contributed by atoms with Crippen molar-refractivity contribution in [2.24, 2.45) is 0 Å². The maximum Gasteiger partial charge on any atom is 0.222 e. The Morgan fingerprint density at radius 2 is 2.06 bits per heavy atom. The summed E-state index contributed by atoms with van der Waals surface area (Å²) >= 11 is 0. The molecule has 0 atom stereocenters. The summed E-state index contributed by atoms with van der Waals surface area (Å²) in [7, 11) is 0. The number of nitrogens with zero attached hydrogens (tertiary/aromatic N) is 4. The zero-order valence-electron chi connectivity index (χ0n) is 8.52. The van der Waals surface area contributed by atoms with Crippen molar-refractivity contribution in [1.29, 1.82) is 0 Å². The highest BCUT2D eigenvalue weighted by Gasteiger charge is 1.97. The lowest BCUT2D eigenvalue weighted by Crippen LogP contribution is -2.06. The Morgan fingerprint density at radius 3 is 2.75 bits per heavy atom. The van der Waals surface area contributed by atoms with Gasteiger partial charge in [-0.3, -0.25) is 5.10 Å². The fraction of sp³-hybridized carbons (Fsp3) is 0.333. The first kappa shape index (κ1) is 10.5. The topological polar surface area (TPSA) is 79.4 Å². The fourth-order valence-corrected chi connectivity index (χ4v) is 1.21. The number of anilines is 1. The number of nitrogens with one attached hydrogen (secondary N) is 2. The molecule has 0 bridgehead atoms. The minimum atomic E-state index is -0.438. The molecule has 0 saturated carbocycles. The molecule has 2 aromatic rings. The first-order chi connectivity index (χ1) is 7.84. The van der Waals surface area contributed by atoms with Gasteiger partial charge in [0.25, 0.3) is 0 Å². The van der Waals surface area contributed by atoms with Crippen LogP contribution in [0.25, 0.3) is 0 Å². The lowest BCUT2D eigenvalue weighted by molar-refractivity contribution is 0.614. The van der Waals surface area contributed by atoms with E-state index in [1.165, 1.54) is 6.33 Å². The lowest BCUT2D eigenvalue weighted by Gasteiger charge is -2.02. The summed E-state index contributed by atoms with van der Waals surface area (Å²) in [6.45, 7) is 0.701. The third-order valence-electron chi connectivity index (χ3n) is 1.96. The van der Waals surface area contributed by atoms with Gasteiger partial charge in [-0.1, -0.05) is 0 Å². The molecule has 16 heavy (non-hydrogen) atoms. The molecule has 2 aromatic heterocycles. The number of H-pyrrole nitrogens is 1. The Balaban J connectivity index is 1.70. The minimum absolute atomic E-state index is 0.430. The van der Waals surface area contributed by atoms with Gasteiger partial charge < -0.3 is 5.32 Å². The van der Waals surface area contributed by atoms with Gasteiger partial charge in [-0.25, -0.2) is 19.3 Å². The van der Waals surface area contributed by atoms with Crippen LogP contribution in [0.15, 0.2) is 18.7 Å². The number of hydrogen-bond acceptors (Lipinski definition) is 5. The van der Waals surface area contributed by atoms with Crippen LogP contribution in [0.2, 0.25) is 0 Å². The molecule has 0 radical (unpaired) electrons. The summed E-state index contributed by atoms with van der Waals surface area (Å²) in [5.74, 6) is 0.841. The van der Waals surface area contributed by atoms with Crippen LogP contribution < -0.4 is 5.32 Å². The standard InChI is InChI=1S/C9H11FN6/c10-7-4-12-9(13-5-7)11-3-1-2-8-14-6-15-16-8/h4-6H,1-3H2,(H,11,12,13)(H,14,15,16). The van der Waals surface area contributed by atoms with Gasteiger partial charge in [-0.05, 0) is 6.42 Å². The van der Waals surface area contributed by atoms with Crippen LogP contribution in [-0.2, 0) is 6.42 Å². The Labute approximate surface area is 91.4 Å². The first-order valence-corrected chi connectivity index (χ1v) is 4.90. The second kappa shape index (κ2) is 5.15. The van der Waals surface area contributed by atoms with Crippen molar-refractivity contribution in [2.75, 3.05) is 11.9 Å². The highest BCUT2D eigenvalue weighted by molar-refractivity contribution is 5.21. The van der Waals surface area contributed by atoms with Crippen molar-refractivity contribution < 1.29 is 4.39 Å². The van der Waals surface area contributed by atoms with Crippen LogP contribution in [-0.4, -0.2) is 31.7 Å². The van der Waals surface area contributed by atoms with Crippen LogP contribution in [0.3, 0.4) is 0 Å². The molecule has 0 aromatic carbocycles. The van der Waals surface area contributed by atoms with Gasteiger partial charge in [0.15, 0.2) is 5.82 Å². The van der Waals surface area contributed by atoms with E-state index >= 15 is 0 Å². The molecule has 0 amide bonds. The van der Waals surface area contributed by atoms with E-state index < -0.39 is 5.82 Å². The summed E-state index contributed by atoms with van der Waals surface area (Å²) in [4.78, 5) is 11.6. The molecule has 2 rings (SSSR count). The summed E-state index contributed by atoms with van der Waals surface area (Å²) in [5, 5.41) is 9.50. The van der Waals surface area contributed by atoms with E-state index in [0.29, 0.717) is 12.5 Å². The molecule has 0 aliphatic heterocycles. The zero-order chi connectivity index (χ0) is 11.2. The van der Waals surface area contributed by atoms with Crippen molar-refractivity contribution in [1.82, 2.24) is 25.1 Å². The average molecular weight is 222 g/mol. The summed E-state index contributed by atoms with van der Waals surface area (Å²) < 4.78 is 12.5. The highest BCUT2D eigenvalue weighted by atomic mass is 19.1. The maximum atomic E-state index is 12.5. The minimum Gasteiger partial charge on any atom is -0.354 e. The number of hydrogen-bond donors (Lipinski definition) is 2. The number of rotatable bonds is 5. The van der Waals surface area contributed by atoms with E-state index in [1.807, 2.05) is 0 Å². The molecule has 0 aliphatic carbocycles. The summed E-state index contributed by atoms with van der Waals surface area (Å²) in [6.07, 6.45) is 5.41. The molecule has 0 saturated heterocycles. The van der Waals surface area contributed by atoms with E-state index in [-0.39, 0.29) is 0 Å². The van der Waals surface area contributed by atoms with Crippen LogP contribution in [0.1, 0.15) is 12.2 Å². The lowest BCUT2D eigenvalue weighted by atomic mass is 10.3. The molecule has 7 heteroatoms. The molecule has 6 nitrogen and oxygen atoms in total. The van der Waals surface area contributed by atoms with E-state index in [0.717, 1.165) is 31.1 Å². The quantitative estimate of drug-likeness (QED) is 0.731. The second-order valence-electron chi connectivity index (χ2n) is 3.19. The average Bonchev–Trinajstić information content (AvgIpc) is 2.80. The number of halogens is 1. The largest absolute Gasteiger partial charge is 0.354 e. The second-order valence-corrected chi connectivity index (χ2v) is 3.19. The molecule has 84 valence electrons. The van der Waals surface area contributed by atoms with E-state index in [2.05, 4.69) is 30.5 Å². The SMILES string of the molecule is Fc1cnc(NCCCc2ncn[nH]2)nc1. The van der Waals surface area contributed by atoms with Crippen molar-refractivity contribution >= 4 is 5.95 Å². The first-order valence-electron chi connectivity index (χ1n) is 4.90. The van der Waals surface area contributed by atoms with Crippen molar-refractivity contribution in [2.45, 2.75) is 12.8 Å². The monoisotopic (exact) mass is 222 g/mol. The third-order valence-corrected chi connectivity index (χ3v) is 1.96. The van der Waals surface area contributed by atoms with Gasteiger partial charge in [0.2, 0.25) is 5.95 Å². The molecular weight excluding hydrogens is 211 g/mol. The van der Waals surface area contributed by atoms with Gasteiger partial charge >= 0.3 is 0 Å². The zero-order valence-corrected chi connectivity index (χ0v) is 8.52. The van der Waals surface area contributed by atoms with Gasteiger partial charge in [0.1, 0.15) is 12.2 Å². The van der Waals surface area contributed by atoms with E-state index in [1.54, 1.807) is 0 Å². The smallest absolute Gasteiger partial charge is 0.222 e. The van der Waals surface area contributed by atoms with Crippen LogP contribution in [0, 0.1) is 5.82 Å². The normalized spacial score (nSPS) is 10.3. The maximum absolute atomic E-state index is 12.5. The van der Waals surface area contributed by atoms with E-state index in [9.17, 15) is 4.39 Å². The van der Waals surface area contributed by atoms with Gasteiger partial charge in [0, 0.05) is 13.0 Å². The van der Waals surface area contributed by atoms with Crippen molar-refractivity contribution in [3.05, 3.63) is 30.4 Å². The molecule has 2 heterocycles. The van der Waals surface area contributed by atoms with E-state index in [4.69, 9.17) is 0 Å². The molecule has 0 aliphatic rings. The third kappa shape index (κ3) is 2.97. The molecule has 0 spiro atoms. The summed E-state index contributed by atoms with van der Waals surface area (Å²) in [6, 6.07) is 0.